The molecule has 134 valence electrons. The van der Waals surface area contributed by atoms with E-state index in [-0.39, 0.29) is 16.1 Å². The quantitative estimate of drug-likeness (QED) is 0.332. The van der Waals surface area contributed by atoms with Crippen LogP contribution in [0, 0.1) is 0 Å². The molecule has 0 fully saturated rings. The first-order chi connectivity index (χ1) is 10.5. The molecule has 0 rings (SSSR count). The third kappa shape index (κ3) is 5.79. The van der Waals surface area contributed by atoms with Crippen LogP contribution in [0.5, 0.6) is 0 Å². The Hall–Kier alpha value is -1.10. The highest BCUT2D eigenvalue weighted by molar-refractivity contribution is 6.80. The average molecular weight is 343 g/mol. The minimum Gasteiger partial charge on any atom is -0.515 e. The lowest BCUT2D eigenvalue weighted by Crippen LogP contribution is -2.54. The number of aliphatic carboxylic acids is 1. The van der Waals surface area contributed by atoms with E-state index in [9.17, 15) is 9.59 Å². The molecule has 0 unspecified atom stereocenters. The fourth-order valence-corrected chi connectivity index (χ4v) is 10.1. The highest BCUT2D eigenvalue weighted by Crippen LogP contribution is 2.54. The fourth-order valence-electron chi connectivity index (χ4n) is 3.96. The first-order valence-electron chi connectivity index (χ1n) is 8.65. The van der Waals surface area contributed by atoms with Crippen molar-refractivity contribution in [2.45, 2.75) is 90.3 Å². The van der Waals surface area contributed by atoms with E-state index in [2.05, 4.69) is 48.5 Å². The van der Waals surface area contributed by atoms with Gasteiger partial charge in [-0.3, -0.25) is 0 Å². The molecule has 0 bridgehead atoms. The molecule has 0 aromatic heterocycles. The number of rotatable bonds is 10. The van der Waals surface area contributed by atoms with Crippen molar-refractivity contribution in [3.63, 3.8) is 0 Å². The number of carboxylic acids is 1. The van der Waals surface area contributed by atoms with E-state index in [1.807, 2.05) is 0 Å². The molecule has 0 heterocycles. The van der Waals surface area contributed by atoms with Crippen LogP contribution in [0.4, 0.5) is 0 Å². The van der Waals surface area contributed by atoms with E-state index in [0.717, 1.165) is 31.4 Å². The molecule has 0 saturated carbocycles. The maximum Gasteiger partial charge on any atom is 0.328 e. The first-order valence-corrected chi connectivity index (χ1v) is 10.7. The van der Waals surface area contributed by atoms with Gasteiger partial charge in [-0.1, -0.05) is 67.7 Å². The average Bonchev–Trinajstić information content (AvgIpc) is 2.41. The van der Waals surface area contributed by atoms with Crippen LogP contribution in [0.25, 0.3) is 0 Å². The number of carboxylic acid groups (broad SMARTS) is 1. The zero-order valence-electron chi connectivity index (χ0n) is 15.8. The van der Waals surface area contributed by atoms with Crippen molar-refractivity contribution < 1.29 is 19.1 Å². The van der Waals surface area contributed by atoms with Gasteiger partial charge in [0.25, 0.3) is 8.32 Å². The molecule has 5 heteroatoms. The van der Waals surface area contributed by atoms with E-state index in [4.69, 9.17) is 9.53 Å². The first kappa shape index (κ1) is 21.9. The van der Waals surface area contributed by atoms with Gasteiger partial charge in [0.1, 0.15) is 0 Å². The summed E-state index contributed by atoms with van der Waals surface area (Å²) in [5, 5.41) is 8.64. The van der Waals surface area contributed by atoms with Crippen LogP contribution in [-0.4, -0.2) is 25.4 Å². The summed E-state index contributed by atoms with van der Waals surface area (Å²) in [6, 6.07) is 0. The number of carbonyl (C=O) groups excluding carboxylic acids is 1. The molecule has 0 saturated heterocycles. The fraction of sp³-hybridized carbons (Fsp3) is 0.778. The van der Waals surface area contributed by atoms with E-state index >= 15 is 0 Å². The van der Waals surface area contributed by atoms with Crippen molar-refractivity contribution in [2.75, 3.05) is 0 Å². The minimum atomic E-state index is -2.46. The van der Waals surface area contributed by atoms with Crippen molar-refractivity contribution in [3.05, 3.63) is 12.2 Å². The van der Waals surface area contributed by atoms with Gasteiger partial charge in [-0.2, -0.15) is 0 Å². The Kier molecular flexibility index (Phi) is 8.81. The van der Waals surface area contributed by atoms with Gasteiger partial charge < -0.3 is 9.53 Å². The maximum absolute atomic E-state index is 12.2. The summed E-state index contributed by atoms with van der Waals surface area (Å²) in [5.74, 6) is -1.66. The molecular weight excluding hydrogens is 308 g/mol. The van der Waals surface area contributed by atoms with Gasteiger partial charge in [-0.15, -0.1) is 0 Å². The van der Waals surface area contributed by atoms with E-state index in [0.29, 0.717) is 0 Å². The summed E-state index contributed by atoms with van der Waals surface area (Å²) < 4.78 is 6.06. The Morgan fingerprint density at radius 1 is 1.09 bits per heavy atom. The summed E-state index contributed by atoms with van der Waals surface area (Å²) in [4.78, 5) is 22.8. The number of carbonyl (C=O) groups is 2. The SMILES string of the molecule is CCCCCC(C)(C)[Si](OC(=O)/C=C\C(=O)O)(C(C)C)C(C)C. The van der Waals surface area contributed by atoms with E-state index in [1.165, 1.54) is 6.42 Å². The molecule has 0 atom stereocenters. The van der Waals surface area contributed by atoms with Crippen molar-refractivity contribution in [3.8, 4) is 0 Å². The molecule has 0 radical (unpaired) electrons. The summed E-state index contributed by atoms with van der Waals surface area (Å²) in [7, 11) is -2.46. The van der Waals surface area contributed by atoms with Crippen molar-refractivity contribution in [1.82, 2.24) is 0 Å². The molecule has 0 spiro atoms. The topological polar surface area (TPSA) is 63.6 Å². The van der Waals surface area contributed by atoms with E-state index in [1.54, 1.807) is 0 Å². The van der Waals surface area contributed by atoms with Crippen LogP contribution in [0.2, 0.25) is 16.1 Å². The Morgan fingerprint density at radius 2 is 1.61 bits per heavy atom. The van der Waals surface area contributed by atoms with Crippen LogP contribution in [-0.2, 0) is 14.0 Å². The molecule has 0 aromatic carbocycles. The third-order valence-electron chi connectivity index (χ3n) is 4.81. The van der Waals surface area contributed by atoms with Crippen LogP contribution < -0.4 is 0 Å². The Morgan fingerprint density at radius 3 is 2.00 bits per heavy atom. The summed E-state index contributed by atoms with van der Waals surface area (Å²) in [6.07, 6.45) is 6.38. The van der Waals surface area contributed by atoms with Crippen LogP contribution in [0.1, 0.15) is 74.1 Å². The molecule has 1 N–H and O–H groups in total. The van der Waals surface area contributed by atoms with Gasteiger partial charge in [-0.25, -0.2) is 9.59 Å². The van der Waals surface area contributed by atoms with Crippen LogP contribution >= 0.6 is 0 Å². The second-order valence-corrected chi connectivity index (χ2v) is 13.0. The van der Waals surface area contributed by atoms with Gasteiger partial charge in [0, 0.05) is 12.2 Å². The van der Waals surface area contributed by atoms with Crippen molar-refractivity contribution >= 4 is 20.3 Å². The van der Waals surface area contributed by atoms with Crippen LogP contribution in [0.15, 0.2) is 12.2 Å². The van der Waals surface area contributed by atoms with Gasteiger partial charge in [0.15, 0.2) is 0 Å². The normalized spacial score (nSPS) is 13.1. The zero-order chi connectivity index (χ0) is 18.3. The Labute approximate surface area is 142 Å². The number of hydrogen-bond donors (Lipinski definition) is 1. The Balaban J connectivity index is 5.55. The second kappa shape index (κ2) is 9.26. The monoisotopic (exact) mass is 342 g/mol. The van der Waals surface area contributed by atoms with Crippen LogP contribution in [0.3, 0.4) is 0 Å². The summed E-state index contributed by atoms with van der Waals surface area (Å²) in [5.41, 5.74) is 0.530. The van der Waals surface area contributed by atoms with Crippen molar-refractivity contribution in [2.24, 2.45) is 0 Å². The molecule has 23 heavy (non-hydrogen) atoms. The zero-order valence-corrected chi connectivity index (χ0v) is 16.8. The van der Waals surface area contributed by atoms with E-state index < -0.39 is 20.3 Å². The molecule has 0 aliphatic rings. The third-order valence-corrected chi connectivity index (χ3v) is 11.1. The lowest BCUT2D eigenvalue weighted by molar-refractivity contribution is -0.133. The molecule has 4 nitrogen and oxygen atoms in total. The highest BCUT2D eigenvalue weighted by atomic mass is 28.4. The van der Waals surface area contributed by atoms with Gasteiger partial charge in [0.05, 0.1) is 0 Å². The molecule has 0 aliphatic heterocycles. The maximum atomic E-state index is 12.2. The number of unbranched alkanes of at least 4 members (excludes halogenated alkanes) is 2. The largest absolute Gasteiger partial charge is 0.515 e. The minimum absolute atomic E-state index is 0.0583. The molecule has 0 aromatic rings. The smallest absolute Gasteiger partial charge is 0.328 e. The van der Waals surface area contributed by atoms with Crippen molar-refractivity contribution in [1.29, 1.82) is 0 Å². The highest BCUT2D eigenvalue weighted by Gasteiger charge is 2.56. The van der Waals surface area contributed by atoms with Gasteiger partial charge in [0.2, 0.25) is 0 Å². The molecular formula is C18H34O4Si. The molecule has 0 aliphatic carbocycles. The standard InChI is InChI=1S/C18H34O4Si/c1-8-9-10-13-18(6,7)23(14(2)3,15(4)5)22-17(21)12-11-16(19)20/h11-12,14-15H,8-10,13H2,1-7H3,(H,19,20)/b12-11-. The van der Waals surface area contributed by atoms with Gasteiger partial charge >= 0.3 is 11.9 Å². The predicted octanol–water partition coefficient (Wildman–Crippen LogP) is 5.30. The summed E-state index contributed by atoms with van der Waals surface area (Å²) >= 11 is 0. The van der Waals surface area contributed by atoms with Gasteiger partial charge in [-0.05, 0) is 22.5 Å². The Bertz CT molecular complexity index is 417. The predicted molar refractivity (Wildman–Crippen MR) is 97.0 cm³/mol. The lowest BCUT2D eigenvalue weighted by Gasteiger charge is -2.49. The summed E-state index contributed by atoms with van der Waals surface area (Å²) in [6.45, 7) is 15.1. The number of hydrogen-bond acceptors (Lipinski definition) is 3. The second-order valence-electron chi connectivity index (χ2n) is 7.54. The lowest BCUT2D eigenvalue weighted by atomic mass is 10.0. The molecule has 0 amide bonds.